The second-order valence-electron chi connectivity index (χ2n) is 8.15. The van der Waals surface area contributed by atoms with Gasteiger partial charge in [-0.25, -0.2) is 4.39 Å². The van der Waals surface area contributed by atoms with Gasteiger partial charge in [0.1, 0.15) is 5.82 Å². The third kappa shape index (κ3) is 4.53. The van der Waals surface area contributed by atoms with Crippen molar-refractivity contribution >= 4 is 34.9 Å². The van der Waals surface area contributed by atoms with Crippen molar-refractivity contribution in [2.75, 3.05) is 24.4 Å². The Morgan fingerprint density at radius 2 is 1.88 bits per heavy atom. The Morgan fingerprint density at radius 3 is 2.50 bits per heavy atom. The van der Waals surface area contributed by atoms with Gasteiger partial charge in [-0.05, 0) is 78.2 Å². The molecule has 1 fully saturated rings. The van der Waals surface area contributed by atoms with Crippen LogP contribution in [0.2, 0.25) is 5.02 Å². The van der Waals surface area contributed by atoms with Gasteiger partial charge in [-0.1, -0.05) is 55.4 Å². The van der Waals surface area contributed by atoms with E-state index in [2.05, 4.69) is 28.8 Å². The Labute approximate surface area is 199 Å². The summed E-state index contributed by atoms with van der Waals surface area (Å²) in [4.78, 5) is 3.38. The van der Waals surface area contributed by atoms with E-state index in [0.29, 0.717) is 5.56 Å². The first-order valence-electron chi connectivity index (χ1n) is 10.9. The number of halogens is 2. The summed E-state index contributed by atoms with van der Waals surface area (Å²) in [5.41, 5.74) is 6.54. The smallest absolute Gasteiger partial charge is 0.131 e. The molecule has 0 N–H and O–H groups in total. The molecule has 0 saturated carbocycles. The van der Waals surface area contributed by atoms with Crippen molar-refractivity contribution in [1.82, 2.24) is 4.90 Å². The molecule has 1 saturated heterocycles. The van der Waals surface area contributed by atoms with Crippen LogP contribution in [0.3, 0.4) is 0 Å². The average molecular weight is 467 g/mol. The summed E-state index contributed by atoms with van der Waals surface area (Å²) >= 11 is 8.31. The maximum Gasteiger partial charge on any atom is 0.131 e. The second-order valence-corrected chi connectivity index (χ2v) is 9.73. The molecule has 0 aromatic heterocycles. The topological polar surface area (TPSA) is 6.48 Å². The van der Waals surface area contributed by atoms with Gasteiger partial charge in [0.15, 0.2) is 0 Å². The fraction of sp³-hybridized carbons (Fsp3) is 0.259. The molecular formula is C27H28ClFN2S. The van der Waals surface area contributed by atoms with Crippen LogP contribution in [0.1, 0.15) is 30.0 Å². The first-order chi connectivity index (χ1) is 15.4. The van der Waals surface area contributed by atoms with Gasteiger partial charge in [0.25, 0.3) is 0 Å². The molecule has 0 aliphatic carbocycles. The molecule has 0 amide bonds. The summed E-state index contributed by atoms with van der Waals surface area (Å²) < 4.78 is 16.9. The van der Waals surface area contributed by atoms with E-state index < -0.39 is 0 Å². The largest absolute Gasteiger partial charge is 0.371 e. The van der Waals surface area contributed by atoms with Gasteiger partial charge in [-0.15, -0.1) is 0 Å². The van der Waals surface area contributed by atoms with E-state index in [0.717, 1.165) is 63.1 Å². The SMILES string of the molecule is C=C(c1cc(Cl)c(CC)c(SN(C)c2cc(-c3ccccc3)c(F)cc2C)c1)N1CCC1. The molecule has 3 aromatic rings. The highest BCUT2D eigenvalue weighted by Crippen LogP contribution is 2.39. The maximum absolute atomic E-state index is 14.8. The Hall–Kier alpha value is -2.43. The lowest BCUT2D eigenvalue weighted by molar-refractivity contribution is 0.282. The summed E-state index contributed by atoms with van der Waals surface area (Å²) in [7, 11) is 2.02. The first kappa shape index (κ1) is 22.8. The van der Waals surface area contributed by atoms with Crippen LogP contribution in [0, 0.1) is 12.7 Å². The first-order valence-corrected chi connectivity index (χ1v) is 12.1. The molecule has 3 aromatic carbocycles. The van der Waals surface area contributed by atoms with Crippen molar-refractivity contribution in [2.45, 2.75) is 31.6 Å². The summed E-state index contributed by atoms with van der Waals surface area (Å²) in [6.45, 7) is 10.4. The molecule has 0 spiro atoms. The van der Waals surface area contributed by atoms with Crippen molar-refractivity contribution in [3.8, 4) is 11.1 Å². The highest BCUT2D eigenvalue weighted by Gasteiger charge is 2.20. The molecule has 0 unspecified atom stereocenters. The third-order valence-corrected chi connectivity index (χ3v) is 7.39. The quantitative estimate of drug-likeness (QED) is 0.327. The van der Waals surface area contributed by atoms with Gasteiger partial charge in [0.05, 0.1) is 5.69 Å². The minimum Gasteiger partial charge on any atom is -0.371 e. The Bertz CT molecular complexity index is 1140. The van der Waals surface area contributed by atoms with Crippen molar-refractivity contribution in [3.63, 3.8) is 0 Å². The van der Waals surface area contributed by atoms with Crippen molar-refractivity contribution in [1.29, 1.82) is 0 Å². The van der Waals surface area contributed by atoms with Crippen LogP contribution >= 0.6 is 23.5 Å². The zero-order valence-corrected chi connectivity index (χ0v) is 20.4. The minimum absolute atomic E-state index is 0.207. The molecule has 166 valence electrons. The van der Waals surface area contributed by atoms with Crippen LogP contribution in [-0.4, -0.2) is 25.0 Å². The number of nitrogens with zero attached hydrogens (tertiary/aromatic N) is 2. The lowest BCUT2D eigenvalue weighted by Gasteiger charge is -2.35. The highest BCUT2D eigenvalue weighted by molar-refractivity contribution is 8.00. The van der Waals surface area contributed by atoms with Crippen LogP contribution in [0.4, 0.5) is 10.1 Å². The maximum atomic E-state index is 14.8. The van der Waals surface area contributed by atoms with Crippen LogP contribution in [0.5, 0.6) is 0 Å². The predicted molar refractivity (Wildman–Crippen MR) is 137 cm³/mol. The van der Waals surface area contributed by atoms with Crippen LogP contribution < -0.4 is 4.31 Å². The molecule has 1 aliphatic rings. The molecule has 0 atom stereocenters. The molecule has 4 rings (SSSR count). The number of rotatable bonds is 7. The molecule has 0 bridgehead atoms. The number of hydrogen-bond acceptors (Lipinski definition) is 3. The normalized spacial score (nSPS) is 13.1. The zero-order valence-electron chi connectivity index (χ0n) is 18.8. The van der Waals surface area contributed by atoms with Crippen LogP contribution in [-0.2, 0) is 6.42 Å². The average Bonchev–Trinajstić information content (AvgIpc) is 2.73. The lowest BCUT2D eigenvalue weighted by atomic mass is 10.0. The molecule has 5 heteroatoms. The van der Waals surface area contributed by atoms with E-state index in [1.807, 2.05) is 56.4 Å². The number of hydrogen-bond donors (Lipinski definition) is 0. The van der Waals surface area contributed by atoms with E-state index in [4.69, 9.17) is 11.6 Å². The molecule has 1 heterocycles. The number of benzene rings is 3. The number of anilines is 1. The van der Waals surface area contributed by atoms with Gasteiger partial charge < -0.3 is 9.21 Å². The van der Waals surface area contributed by atoms with E-state index in [-0.39, 0.29) is 5.82 Å². The third-order valence-electron chi connectivity index (χ3n) is 6.02. The van der Waals surface area contributed by atoms with E-state index in [1.54, 1.807) is 18.0 Å². The lowest BCUT2D eigenvalue weighted by Crippen LogP contribution is -2.35. The fourth-order valence-corrected chi connectivity index (χ4v) is 5.55. The van der Waals surface area contributed by atoms with Crippen molar-refractivity contribution in [2.24, 2.45) is 0 Å². The molecule has 1 aliphatic heterocycles. The van der Waals surface area contributed by atoms with Gasteiger partial charge >= 0.3 is 0 Å². The van der Waals surface area contributed by atoms with Crippen molar-refractivity contribution in [3.05, 3.63) is 88.7 Å². The second kappa shape index (κ2) is 9.60. The van der Waals surface area contributed by atoms with E-state index >= 15 is 0 Å². The van der Waals surface area contributed by atoms with E-state index in [1.165, 1.54) is 6.42 Å². The van der Waals surface area contributed by atoms with Crippen LogP contribution in [0.25, 0.3) is 16.8 Å². The molecular weight excluding hydrogens is 439 g/mol. The standard InChI is InChI=1S/C27H28ClFN2S/c1-5-22-24(28)15-21(19(3)31-12-9-13-31)16-27(22)32-30(4)26-17-23(25(29)14-18(26)2)20-10-7-6-8-11-20/h6-8,10-11,14-17H,3,5,9,12-13H2,1-2,4H3. The highest BCUT2D eigenvalue weighted by atomic mass is 35.5. The molecule has 32 heavy (non-hydrogen) atoms. The van der Waals surface area contributed by atoms with Gasteiger partial charge in [-0.3, -0.25) is 0 Å². The molecule has 0 radical (unpaired) electrons. The van der Waals surface area contributed by atoms with E-state index in [9.17, 15) is 4.39 Å². The Morgan fingerprint density at radius 1 is 1.16 bits per heavy atom. The number of likely N-dealkylation sites (tertiary alicyclic amines) is 1. The van der Waals surface area contributed by atoms with Gasteiger partial charge in [0.2, 0.25) is 0 Å². The number of aryl methyl sites for hydroxylation is 1. The summed E-state index contributed by atoms with van der Waals surface area (Å²) in [5, 5.41) is 0.767. The molecule has 2 nitrogen and oxygen atoms in total. The Kier molecular flexibility index (Phi) is 6.82. The minimum atomic E-state index is -0.207. The van der Waals surface area contributed by atoms with Crippen LogP contribution in [0.15, 0.2) is 66.1 Å². The zero-order chi connectivity index (χ0) is 22.8. The van der Waals surface area contributed by atoms with Gasteiger partial charge in [0, 0.05) is 41.3 Å². The fourth-order valence-electron chi connectivity index (χ4n) is 4.01. The predicted octanol–water partition coefficient (Wildman–Crippen LogP) is 7.84. The monoisotopic (exact) mass is 466 g/mol. The summed E-state index contributed by atoms with van der Waals surface area (Å²) in [6.07, 6.45) is 2.04. The summed E-state index contributed by atoms with van der Waals surface area (Å²) in [5.74, 6) is -0.207. The van der Waals surface area contributed by atoms with Gasteiger partial charge in [-0.2, -0.15) is 0 Å². The summed E-state index contributed by atoms with van der Waals surface area (Å²) in [6, 6.07) is 17.4. The van der Waals surface area contributed by atoms with Crippen molar-refractivity contribution < 1.29 is 4.39 Å². The Balaban J connectivity index is 1.68.